The standard InChI is InChI=1S/C16H15N5O2/c1-3-19-14-12(15(22)20(4-2)16(19)23)21-9-17-11-8-6-5-7-10(11)13(21)18-14/h5-9H,3-4H2,1-2H3. The van der Waals surface area contributed by atoms with Gasteiger partial charge in [0.25, 0.3) is 5.56 Å². The van der Waals surface area contributed by atoms with Gasteiger partial charge in [-0.15, -0.1) is 0 Å². The molecule has 0 radical (unpaired) electrons. The maximum absolute atomic E-state index is 12.7. The number of nitrogens with zero attached hydrogens (tertiary/aromatic N) is 5. The Morgan fingerprint density at radius 1 is 1.00 bits per heavy atom. The lowest BCUT2D eigenvalue weighted by molar-refractivity contribution is 0.605. The Morgan fingerprint density at radius 2 is 1.74 bits per heavy atom. The van der Waals surface area contributed by atoms with Crippen LogP contribution in [0.1, 0.15) is 13.8 Å². The molecule has 7 nitrogen and oxygen atoms in total. The number of hydrogen-bond acceptors (Lipinski definition) is 4. The Labute approximate surface area is 130 Å². The first-order valence-corrected chi connectivity index (χ1v) is 7.56. The van der Waals surface area contributed by atoms with Gasteiger partial charge in [-0.2, -0.15) is 0 Å². The average molecular weight is 309 g/mol. The average Bonchev–Trinajstić information content (AvgIpc) is 2.95. The molecule has 4 aromatic rings. The molecule has 0 fully saturated rings. The smallest absolute Gasteiger partial charge is 0.276 e. The van der Waals surface area contributed by atoms with Crippen LogP contribution in [0.4, 0.5) is 0 Å². The van der Waals surface area contributed by atoms with E-state index in [0.29, 0.717) is 29.9 Å². The van der Waals surface area contributed by atoms with E-state index < -0.39 is 0 Å². The van der Waals surface area contributed by atoms with Crippen LogP contribution in [0.15, 0.2) is 40.2 Å². The lowest BCUT2D eigenvalue weighted by Gasteiger charge is -2.07. The minimum Gasteiger partial charge on any atom is -0.276 e. The van der Waals surface area contributed by atoms with E-state index in [0.717, 1.165) is 10.9 Å². The van der Waals surface area contributed by atoms with Crippen molar-refractivity contribution >= 4 is 27.7 Å². The minimum atomic E-state index is -0.332. The highest BCUT2D eigenvalue weighted by Crippen LogP contribution is 2.20. The fourth-order valence-electron chi connectivity index (χ4n) is 3.02. The van der Waals surface area contributed by atoms with Crippen LogP contribution in [-0.2, 0) is 13.1 Å². The molecule has 0 aliphatic rings. The van der Waals surface area contributed by atoms with E-state index in [1.807, 2.05) is 31.2 Å². The highest BCUT2D eigenvalue weighted by Gasteiger charge is 2.18. The Hall–Kier alpha value is -2.96. The second-order valence-corrected chi connectivity index (χ2v) is 5.32. The lowest BCUT2D eigenvalue weighted by Crippen LogP contribution is -2.39. The summed E-state index contributed by atoms with van der Waals surface area (Å²) in [5.74, 6) is 0. The summed E-state index contributed by atoms with van der Waals surface area (Å²) in [7, 11) is 0. The zero-order chi connectivity index (χ0) is 16.1. The molecule has 23 heavy (non-hydrogen) atoms. The summed E-state index contributed by atoms with van der Waals surface area (Å²) in [5.41, 5.74) is 1.58. The van der Waals surface area contributed by atoms with Crippen LogP contribution in [0.5, 0.6) is 0 Å². The predicted molar refractivity (Wildman–Crippen MR) is 87.9 cm³/mol. The molecule has 0 saturated heterocycles. The van der Waals surface area contributed by atoms with Gasteiger partial charge in [-0.05, 0) is 26.0 Å². The van der Waals surface area contributed by atoms with Gasteiger partial charge in [0.1, 0.15) is 6.33 Å². The first-order chi connectivity index (χ1) is 11.2. The molecular formula is C16H15N5O2. The third kappa shape index (κ3) is 1.70. The van der Waals surface area contributed by atoms with Gasteiger partial charge in [0.2, 0.25) is 0 Å². The van der Waals surface area contributed by atoms with Crippen LogP contribution in [0.3, 0.4) is 0 Å². The van der Waals surface area contributed by atoms with Crippen molar-refractivity contribution in [3.63, 3.8) is 0 Å². The molecule has 0 bridgehead atoms. The molecule has 7 heteroatoms. The fourth-order valence-corrected chi connectivity index (χ4v) is 3.02. The molecule has 0 amide bonds. The van der Waals surface area contributed by atoms with Crippen molar-refractivity contribution in [1.29, 1.82) is 0 Å². The van der Waals surface area contributed by atoms with Gasteiger partial charge in [0.15, 0.2) is 16.8 Å². The molecule has 0 saturated carbocycles. The van der Waals surface area contributed by atoms with Gasteiger partial charge < -0.3 is 0 Å². The Kier molecular flexibility index (Phi) is 2.84. The highest BCUT2D eigenvalue weighted by atomic mass is 16.2. The monoisotopic (exact) mass is 309 g/mol. The van der Waals surface area contributed by atoms with Crippen molar-refractivity contribution in [1.82, 2.24) is 23.5 Å². The van der Waals surface area contributed by atoms with Gasteiger partial charge in [0, 0.05) is 18.5 Å². The largest absolute Gasteiger partial charge is 0.332 e. The topological polar surface area (TPSA) is 74.2 Å². The van der Waals surface area contributed by atoms with Crippen LogP contribution >= 0.6 is 0 Å². The van der Waals surface area contributed by atoms with Crippen molar-refractivity contribution < 1.29 is 0 Å². The van der Waals surface area contributed by atoms with E-state index in [4.69, 9.17) is 0 Å². The molecule has 0 spiro atoms. The molecule has 116 valence electrons. The first-order valence-electron chi connectivity index (χ1n) is 7.56. The van der Waals surface area contributed by atoms with E-state index in [2.05, 4.69) is 9.97 Å². The molecule has 4 rings (SSSR count). The normalized spacial score (nSPS) is 11.7. The van der Waals surface area contributed by atoms with Gasteiger partial charge in [-0.1, -0.05) is 12.1 Å². The molecule has 0 aliphatic carbocycles. The van der Waals surface area contributed by atoms with Crippen molar-refractivity contribution in [2.75, 3.05) is 0 Å². The van der Waals surface area contributed by atoms with E-state index in [1.54, 1.807) is 17.7 Å². The predicted octanol–water partition coefficient (Wildman–Crippen LogP) is 1.40. The maximum Gasteiger partial charge on any atom is 0.332 e. The molecule has 0 unspecified atom stereocenters. The molecule has 3 aromatic heterocycles. The number of aryl methyl sites for hydroxylation is 1. The van der Waals surface area contributed by atoms with Crippen molar-refractivity contribution in [2.24, 2.45) is 0 Å². The van der Waals surface area contributed by atoms with Gasteiger partial charge in [-0.3, -0.25) is 18.3 Å². The number of para-hydroxylation sites is 1. The summed E-state index contributed by atoms with van der Waals surface area (Å²) in [6.07, 6.45) is 1.60. The van der Waals surface area contributed by atoms with E-state index in [9.17, 15) is 9.59 Å². The number of rotatable bonds is 2. The van der Waals surface area contributed by atoms with Crippen LogP contribution in [0, 0.1) is 0 Å². The molecule has 3 heterocycles. The molecule has 0 atom stereocenters. The number of hydrogen-bond donors (Lipinski definition) is 0. The maximum atomic E-state index is 12.7. The summed E-state index contributed by atoms with van der Waals surface area (Å²) >= 11 is 0. The van der Waals surface area contributed by atoms with Crippen molar-refractivity contribution in [3.05, 3.63) is 51.4 Å². The number of benzene rings is 1. The number of aromatic nitrogens is 5. The third-order valence-corrected chi connectivity index (χ3v) is 4.15. The van der Waals surface area contributed by atoms with Crippen LogP contribution in [-0.4, -0.2) is 23.5 Å². The van der Waals surface area contributed by atoms with E-state index in [1.165, 1.54) is 9.13 Å². The summed E-state index contributed by atoms with van der Waals surface area (Å²) in [6.45, 7) is 4.42. The number of imidazole rings is 1. The zero-order valence-corrected chi connectivity index (χ0v) is 12.9. The minimum absolute atomic E-state index is 0.321. The highest BCUT2D eigenvalue weighted by molar-refractivity contribution is 5.95. The van der Waals surface area contributed by atoms with E-state index >= 15 is 0 Å². The zero-order valence-electron chi connectivity index (χ0n) is 12.9. The molecular weight excluding hydrogens is 294 g/mol. The summed E-state index contributed by atoms with van der Waals surface area (Å²) in [4.78, 5) is 34.2. The molecule has 0 N–H and O–H groups in total. The quantitative estimate of drug-likeness (QED) is 0.561. The SMILES string of the molecule is CCn1c(=O)c2c(nc3c4ccccc4ncn32)n(CC)c1=O. The number of fused-ring (bicyclic) bond motifs is 5. The Balaban J connectivity index is 2.35. The summed E-state index contributed by atoms with van der Waals surface area (Å²) in [6, 6.07) is 7.61. The Morgan fingerprint density at radius 3 is 2.48 bits per heavy atom. The van der Waals surface area contributed by atoms with Crippen LogP contribution in [0.2, 0.25) is 0 Å². The molecule has 1 aromatic carbocycles. The fraction of sp³-hybridized carbons (Fsp3) is 0.250. The third-order valence-electron chi connectivity index (χ3n) is 4.15. The second kappa shape index (κ2) is 4.77. The Bertz CT molecular complexity index is 1180. The van der Waals surface area contributed by atoms with Crippen molar-refractivity contribution in [3.8, 4) is 0 Å². The second-order valence-electron chi connectivity index (χ2n) is 5.32. The van der Waals surface area contributed by atoms with Crippen LogP contribution in [0.25, 0.3) is 27.7 Å². The van der Waals surface area contributed by atoms with Gasteiger partial charge in [-0.25, -0.2) is 14.8 Å². The van der Waals surface area contributed by atoms with E-state index in [-0.39, 0.29) is 11.2 Å². The summed E-state index contributed by atoms with van der Waals surface area (Å²) in [5, 5.41) is 0.851. The van der Waals surface area contributed by atoms with Crippen LogP contribution < -0.4 is 11.2 Å². The van der Waals surface area contributed by atoms with Crippen molar-refractivity contribution in [2.45, 2.75) is 26.9 Å². The first kappa shape index (κ1) is 13.7. The van der Waals surface area contributed by atoms with Gasteiger partial charge in [0.05, 0.1) is 5.52 Å². The lowest BCUT2D eigenvalue weighted by atomic mass is 10.2. The van der Waals surface area contributed by atoms with Gasteiger partial charge >= 0.3 is 5.69 Å². The summed E-state index contributed by atoms with van der Waals surface area (Å²) < 4.78 is 4.44. The molecule has 0 aliphatic heterocycles.